The van der Waals surface area contributed by atoms with Gasteiger partial charge in [0.2, 0.25) is 0 Å². The molecule has 1 fully saturated rings. The Morgan fingerprint density at radius 2 is 2.29 bits per heavy atom. The van der Waals surface area contributed by atoms with E-state index in [4.69, 9.17) is 10.9 Å². The van der Waals surface area contributed by atoms with Gasteiger partial charge in [0.15, 0.2) is 5.13 Å². The minimum atomic E-state index is 0.278. The fourth-order valence-electron chi connectivity index (χ4n) is 1.68. The van der Waals surface area contributed by atoms with Crippen LogP contribution in [0.4, 0.5) is 5.13 Å². The summed E-state index contributed by atoms with van der Waals surface area (Å²) in [4.78, 5) is 8.12. The number of amidine groups is 1. The lowest BCUT2D eigenvalue weighted by Gasteiger charge is -2.20. The van der Waals surface area contributed by atoms with Crippen molar-refractivity contribution in [3.8, 4) is 0 Å². The number of thiazole rings is 1. The van der Waals surface area contributed by atoms with Gasteiger partial charge in [0.1, 0.15) is 5.84 Å². The highest BCUT2D eigenvalue weighted by Gasteiger charge is 2.31. The van der Waals surface area contributed by atoms with Crippen molar-refractivity contribution < 1.29 is 5.21 Å². The van der Waals surface area contributed by atoms with Crippen LogP contribution in [0.15, 0.2) is 5.16 Å². The van der Waals surface area contributed by atoms with E-state index < -0.39 is 0 Å². The molecular weight excluding hydrogens is 236 g/mol. The molecule has 0 spiro atoms. The Morgan fingerprint density at radius 1 is 1.59 bits per heavy atom. The molecule has 0 radical (unpaired) electrons. The number of nitrogens with zero attached hydrogens (tertiary/aromatic N) is 3. The second-order valence-electron chi connectivity index (χ2n) is 4.40. The Balaban J connectivity index is 2.07. The molecule has 2 rings (SSSR count). The second kappa shape index (κ2) is 4.91. The first-order valence-corrected chi connectivity index (χ1v) is 6.60. The Morgan fingerprint density at radius 3 is 2.76 bits per heavy atom. The lowest BCUT2D eigenvalue weighted by Crippen LogP contribution is -2.30. The third kappa shape index (κ3) is 2.88. The summed E-state index contributed by atoms with van der Waals surface area (Å²) in [5.74, 6) is 0.278. The molecular formula is C11H18N4OS. The topological polar surface area (TPSA) is 74.7 Å². The molecule has 5 nitrogen and oxygen atoms in total. The molecule has 1 aliphatic carbocycles. The molecule has 0 atom stereocenters. The van der Waals surface area contributed by atoms with Gasteiger partial charge < -0.3 is 15.8 Å². The number of aromatic nitrogens is 1. The standard InChI is InChI=1S/C11H18N4OS/c1-7-8(2)17-11(13-7)15(9-3-4-9)6-5-10(12)14-16/h9,16H,3-6H2,1-2H3,(H2,12,14). The van der Waals surface area contributed by atoms with Crippen LogP contribution in [0.2, 0.25) is 0 Å². The first kappa shape index (κ1) is 12.2. The average Bonchev–Trinajstić information content (AvgIpc) is 3.07. The average molecular weight is 254 g/mol. The van der Waals surface area contributed by atoms with E-state index in [9.17, 15) is 0 Å². The summed E-state index contributed by atoms with van der Waals surface area (Å²) in [6.07, 6.45) is 3.01. The monoisotopic (exact) mass is 254 g/mol. The van der Waals surface area contributed by atoms with E-state index in [-0.39, 0.29) is 5.84 Å². The molecule has 0 amide bonds. The van der Waals surface area contributed by atoms with Crippen molar-refractivity contribution >= 4 is 22.3 Å². The van der Waals surface area contributed by atoms with E-state index in [0.29, 0.717) is 12.5 Å². The molecule has 0 aromatic carbocycles. The molecule has 1 heterocycles. The summed E-state index contributed by atoms with van der Waals surface area (Å²) < 4.78 is 0. The van der Waals surface area contributed by atoms with Crippen molar-refractivity contribution in [3.63, 3.8) is 0 Å². The number of rotatable bonds is 5. The Labute approximate surface area is 105 Å². The van der Waals surface area contributed by atoms with Crippen molar-refractivity contribution in [1.29, 1.82) is 0 Å². The highest BCUT2D eigenvalue weighted by atomic mass is 32.1. The lowest BCUT2D eigenvalue weighted by atomic mass is 10.3. The van der Waals surface area contributed by atoms with Crippen LogP contribution < -0.4 is 10.6 Å². The predicted molar refractivity (Wildman–Crippen MR) is 70.0 cm³/mol. The summed E-state index contributed by atoms with van der Waals surface area (Å²) in [5, 5.41) is 12.6. The van der Waals surface area contributed by atoms with Gasteiger partial charge in [-0.3, -0.25) is 0 Å². The molecule has 0 aliphatic heterocycles. The van der Waals surface area contributed by atoms with Crippen LogP contribution in [-0.4, -0.2) is 28.6 Å². The van der Waals surface area contributed by atoms with Crippen LogP contribution in [0.1, 0.15) is 29.8 Å². The number of nitrogens with two attached hydrogens (primary N) is 1. The highest BCUT2D eigenvalue weighted by molar-refractivity contribution is 7.15. The molecule has 94 valence electrons. The first-order chi connectivity index (χ1) is 8.11. The normalized spacial score (nSPS) is 16.2. The molecule has 0 saturated heterocycles. The van der Waals surface area contributed by atoms with Gasteiger partial charge in [0, 0.05) is 23.9 Å². The molecule has 3 N–H and O–H groups in total. The number of hydrogen-bond donors (Lipinski definition) is 2. The van der Waals surface area contributed by atoms with E-state index >= 15 is 0 Å². The van der Waals surface area contributed by atoms with Gasteiger partial charge in [0.25, 0.3) is 0 Å². The van der Waals surface area contributed by atoms with E-state index in [0.717, 1.165) is 17.4 Å². The summed E-state index contributed by atoms with van der Waals surface area (Å²) in [7, 11) is 0. The van der Waals surface area contributed by atoms with Gasteiger partial charge in [-0.2, -0.15) is 0 Å². The molecule has 1 aliphatic rings. The molecule has 1 aromatic heterocycles. The SMILES string of the molecule is Cc1nc(N(CCC(N)=NO)C2CC2)sc1C. The summed E-state index contributed by atoms with van der Waals surface area (Å²) in [5.41, 5.74) is 6.61. The van der Waals surface area contributed by atoms with Crippen molar-refractivity contribution in [1.82, 2.24) is 4.98 Å². The molecule has 17 heavy (non-hydrogen) atoms. The number of hydrogen-bond acceptors (Lipinski definition) is 5. The van der Waals surface area contributed by atoms with E-state index in [1.54, 1.807) is 11.3 Å². The molecule has 6 heteroatoms. The number of aryl methyl sites for hydroxylation is 2. The van der Waals surface area contributed by atoms with Gasteiger partial charge in [0.05, 0.1) is 5.69 Å². The molecule has 0 unspecified atom stereocenters. The maximum absolute atomic E-state index is 8.55. The zero-order chi connectivity index (χ0) is 12.4. The number of oxime groups is 1. The third-order valence-electron chi connectivity index (χ3n) is 2.99. The summed E-state index contributed by atoms with van der Waals surface area (Å²) >= 11 is 1.72. The zero-order valence-electron chi connectivity index (χ0n) is 10.2. The van der Waals surface area contributed by atoms with Crippen molar-refractivity contribution in [2.75, 3.05) is 11.4 Å². The quantitative estimate of drug-likeness (QED) is 0.364. The van der Waals surface area contributed by atoms with Crippen LogP contribution in [-0.2, 0) is 0 Å². The van der Waals surface area contributed by atoms with Crippen molar-refractivity contribution in [2.45, 2.75) is 39.2 Å². The van der Waals surface area contributed by atoms with Crippen LogP contribution >= 0.6 is 11.3 Å². The third-order valence-corrected chi connectivity index (χ3v) is 4.10. The van der Waals surface area contributed by atoms with E-state index in [1.165, 1.54) is 17.7 Å². The maximum atomic E-state index is 8.55. The Hall–Kier alpha value is -1.30. The van der Waals surface area contributed by atoms with Gasteiger partial charge in [-0.1, -0.05) is 5.16 Å². The van der Waals surface area contributed by atoms with E-state index in [1.807, 2.05) is 6.92 Å². The zero-order valence-corrected chi connectivity index (χ0v) is 11.0. The van der Waals surface area contributed by atoms with Gasteiger partial charge in [-0.15, -0.1) is 11.3 Å². The fraction of sp³-hybridized carbons (Fsp3) is 0.636. The van der Waals surface area contributed by atoms with Crippen LogP contribution in [0.3, 0.4) is 0 Å². The van der Waals surface area contributed by atoms with Gasteiger partial charge >= 0.3 is 0 Å². The van der Waals surface area contributed by atoms with Crippen LogP contribution in [0.5, 0.6) is 0 Å². The van der Waals surface area contributed by atoms with Crippen molar-refractivity contribution in [3.05, 3.63) is 10.6 Å². The van der Waals surface area contributed by atoms with Gasteiger partial charge in [-0.25, -0.2) is 4.98 Å². The number of anilines is 1. The van der Waals surface area contributed by atoms with E-state index in [2.05, 4.69) is 22.0 Å². The Kier molecular flexibility index (Phi) is 3.51. The first-order valence-electron chi connectivity index (χ1n) is 5.79. The largest absolute Gasteiger partial charge is 0.409 e. The predicted octanol–water partition coefficient (Wildman–Crippen LogP) is 1.87. The molecule has 0 bridgehead atoms. The smallest absolute Gasteiger partial charge is 0.186 e. The van der Waals surface area contributed by atoms with Crippen LogP contribution in [0.25, 0.3) is 0 Å². The molecule has 1 saturated carbocycles. The minimum absolute atomic E-state index is 0.278. The maximum Gasteiger partial charge on any atom is 0.186 e. The van der Waals surface area contributed by atoms with Crippen molar-refractivity contribution in [2.24, 2.45) is 10.9 Å². The van der Waals surface area contributed by atoms with Crippen LogP contribution in [0, 0.1) is 13.8 Å². The van der Waals surface area contributed by atoms with Gasteiger partial charge in [-0.05, 0) is 26.7 Å². The highest BCUT2D eigenvalue weighted by Crippen LogP contribution is 2.35. The summed E-state index contributed by atoms with van der Waals surface area (Å²) in [6.45, 7) is 4.89. The summed E-state index contributed by atoms with van der Waals surface area (Å²) in [6, 6.07) is 0.589. The molecule has 1 aromatic rings. The lowest BCUT2D eigenvalue weighted by molar-refractivity contribution is 0.317. The Bertz CT molecular complexity index is 406. The minimum Gasteiger partial charge on any atom is -0.409 e. The second-order valence-corrected chi connectivity index (χ2v) is 5.59. The fourth-order valence-corrected chi connectivity index (χ4v) is 2.69.